The summed E-state index contributed by atoms with van der Waals surface area (Å²) in [6.07, 6.45) is 5.97. The molecule has 3 amide bonds. The maximum atomic E-state index is 12.8. The number of rotatable bonds is 25. The number of unbranched alkanes of at least 4 members (excludes halogenated alkanes) is 1. The van der Waals surface area contributed by atoms with Crippen molar-refractivity contribution in [1.29, 1.82) is 0 Å². The molecule has 3 fully saturated rings. The van der Waals surface area contributed by atoms with E-state index in [1.807, 2.05) is 22.9 Å². The third-order valence-electron chi connectivity index (χ3n) is 9.83. The minimum atomic E-state index is -1.29. The van der Waals surface area contributed by atoms with E-state index in [9.17, 15) is 39.3 Å². The molecule has 4 heterocycles. The van der Waals surface area contributed by atoms with E-state index in [1.165, 1.54) is 0 Å². The predicted octanol–water partition coefficient (Wildman–Crippen LogP) is -6.21. The molecule has 3 saturated heterocycles. The van der Waals surface area contributed by atoms with Crippen LogP contribution in [-0.2, 0) is 46.4 Å². The summed E-state index contributed by atoms with van der Waals surface area (Å²) < 4.78 is 18.5. The van der Waals surface area contributed by atoms with Gasteiger partial charge in [0.1, 0.15) is 0 Å². The topological polar surface area (TPSA) is 262 Å². The molecule has 4 rings (SSSR count). The summed E-state index contributed by atoms with van der Waals surface area (Å²) in [7, 11) is 0. The first kappa shape index (κ1) is 50.0. The standard InChI is InChI=1S/C35H60N10O11S.Gd/c46-30(22-41-6-8-42(23-31(47)48)10-12-44(25-33(51)52)13-11-43(9-7-41)24-32(49)50)36-5-15-54-17-19-56-20-18-55-16-14-45-21-27(39-40-45)3-1-2-4-29-34-28(26-57-29)37-35(53)38-34;/h21,28-29,34H,1-20,22-26H2,(H,36,46)(H,47,48)(H,49,50)(H,51,52)(H2,37,38,53);/q;+3/p-3/t28-,29-,34-;/m0./s1. The molecular formula is C35H57GdN10O11S. The molecule has 0 aliphatic carbocycles. The fraction of sp³-hybridized carbons (Fsp3) is 0.800. The Morgan fingerprint density at radius 3 is 1.81 bits per heavy atom. The van der Waals surface area contributed by atoms with E-state index in [-0.39, 0.29) is 143 Å². The van der Waals surface area contributed by atoms with Crippen molar-refractivity contribution in [1.82, 2.24) is 50.5 Å². The molecule has 327 valence electrons. The van der Waals surface area contributed by atoms with Gasteiger partial charge in [-0.25, -0.2) is 9.48 Å². The number of nitrogens with zero attached hydrogens (tertiary/aromatic N) is 7. The van der Waals surface area contributed by atoms with Crippen molar-refractivity contribution in [2.75, 3.05) is 130 Å². The van der Waals surface area contributed by atoms with Crippen LogP contribution in [0, 0.1) is 39.9 Å². The molecule has 23 heteroatoms. The molecular weight excluding hydrogens is 926 g/mol. The second-order valence-corrected chi connectivity index (χ2v) is 15.5. The number of urea groups is 1. The number of hydrogen-bond acceptors (Lipinski definition) is 18. The van der Waals surface area contributed by atoms with E-state index in [1.54, 1.807) is 19.4 Å². The Hall–Kier alpha value is -2.32. The molecule has 0 bridgehead atoms. The van der Waals surface area contributed by atoms with Gasteiger partial charge in [0, 0.05) is 95.7 Å². The Morgan fingerprint density at radius 1 is 0.741 bits per heavy atom. The van der Waals surface area contributed by atoms with Gasteiger partial charge < -0.3 is 59.9 Å². The maximum absolute atomic E-state index is 12.8. The number of fused-ring (bicyclic) bond motifs is 1. The van der Waals surface area contributed by atoms with E-state index < -0.39 is 17.9 Å². The summed E-state index contributed by atoms with van der Waals surface area (Å²) in [5, 5.41) is 51.7. The van der Waals surface area contributed by atoms with Gasteiger partial charge in [0.2, 0.25) is 5.91 Å². The molecule has 0 saturated carbocycles. The Labute approximate surface area is 375 Å². The Bertz CT molecular complexity index is 1390. The van der Waals surface area contributed by atoms with E-state index in [2.05, 4.69) is 26.3 Å². The number of carbonyl (C=O) groups is 5. The first-order valence-corrected chi connectivity index (χ1v) is 20.7. The second-order valence-electron chi connectivity index (χ2n) is 14.2. The van der Waals surface area contributed by atoms with Crippen LogP contribution in [-0.4, -0.2) is 212 Å². The normalized spacial score (nSPS) is 21.2. The number of aryl methyl sites for hydroxylation is 1. The van der Waals surface area contributed by atoms with Crippen LogP contribution >= 0.6 is 11.8 Å². The van der Waals surface area contributed by atoms with E-state index >= 15 is 0 Å². The number of hydrogen-bond donors (Lipinski definition) is 3. The van der Waals surface area contributed by atoms with Crippen LogP contribution in [0.25, 0.3) is 0 Å². The number of nitrogens with one attached hydrogen (secondary N) is 3. The van der Waals surface area contributed by atoms with Crippen LogP contribution in [0.15, 0.2) is 6.20 Å². The monoisotopic (exact) mass is 983 g/mol. The fourth-order valence-electron chi connectivity index (χ4n) is 6.84. The number of carboxylic acid groups (broad SMARTS) is 3. The molecule has 21 nitrogen and oxygen atoms in total. The van der Waals surface area contributed by atoms with Gasteiger partial charge in [-0.15, -0.1) is 5.10 Å². The van der Waals surface area contributed by atoms with E-state index in [4.69, 9.17) is 14.2 Å². The zero-order valence-electron chi connectivity index (χ0n) is 32.9. The SMILES string of the molecule is O=C([O-])CN1CCN(CC(=O)[O-])CCN(CC(=O)NCCOCCOCCOCCn2cc(CCCC[C@@H]3SC[C@@H]4NC(=O)N[C@@H]43)nn2)CCN(CC(=O)[O-])CC1.[Gd+3]. The summed E-state index contributed by atoms with van der Waals surface area (Å²) in [5.41, 5.74) is 0.955. The van der Waals surface area contributed by atoms with Gasteiger partial charge in [-0.3, -0.25) is 24.4 Å². The van der Waals surface area contributed by atoms with Crippen molar-refractivity contribution >= 4 is 41.6 Å². The van der Waals surface area contributed by atoms with Crippen molar-refractivity contribution in [3.8, 4) is 0 Å². The van der Waals surface area contributed by atoms with Gasteiger partial charge in [0.05, 0.1) is 88.4 Å². The van der Waals surface area contributed by atoms with Gasteiger partial charge in [-0.1, -0.05) is 11.6 Å². The largest absolute Gasteiger partial charge is 3.00 e. The van der Waals surface area contributed by atoms with Crippen LogP contribution in [0.2, 0.25) is 0 Å². The summed E-state index contributed by atoms with van der Waals surface area (Å²) in [5.74, 6) is -3.15. The number of amides is 3. The molecule has 3 aliphatic rings. The number of thioether (sulfide) groups is 1. The molecule has 3 aliphatic heterocycles. The summed E-state index contributed by atoms with van der Waals surface area (Å²) in [6, 6.07) is 0.442. The molecule has 3 N–H and O–H groups in total. The van der Waals surface area contributed by atoms with Crippen molar-refractivity contribution in [2.45, 2.75) is 49.6 Å². The van der Waals surface area contributed by atoms with Gasteiger partial charge in [-0.05, 0) is 19.3 Å². The zero-order chi connectivity index (χ0) is 40.8. The predicted molar refractivity (Wildman–Crippen MR) is 199 cm³/mol. The molecule has 1 radical (unpaired) electrons. The number of ether oxygens (including phenoxy) is 3. The quantitative estimate of drug-likeness (QED) is 0.0608. The van der Waals surface area contributed by atoms with Crippen molar-refractivity contribution in [2.24, 2.45) is 0 Å². The minimum Gasteiger partial charge on any atom is -0.549 e. The van der Waals surface area contributed by atoms with Gasteiger partial charge >= 0.3 is 46.0 Å². The molecule has 0 unspecified atom stereocenters. The van der Waals surface area contributed by atoms with E-state index in [0.717, 1.165) is 37.1 Å². The summed E-state index contributed by atoms with van der Waals surface area (Å²) >= 11 is 1.93. The van der Waals surface area contributed by atoms with Crippen LogP contribution < -0.4 is 31.3 Å². The fourth-order valence-corrected chi connectivity index (χ4v) is 8.38. The number of aliphatic carboxylic acids is 3. The molecule has 3 atom stereocenters. The number of aromatic nitrogens is 3. The number of carboxylic acids is 3. The second kappa shape index (κ2) is 28.3. The molecule has 0 spiro atoms. The number of carbonyl (C=O) groups excluding carboxylic acids is 5. The average Bonchev–Trinajstić information content (AvgIpc) is 3.87. The van der Waals surface area contributed by atoms with Gasteiger partial charge in [-0.2, -0.15) is 11.8 Å². The van der Waals surface area contributed by atoms with Gasteiger partial charge in [0.15, 0.2) is 0 Å². The first-order chi connectivity index (χ1) is 27.5. The average molecular weight is 983 g/mol. The Kier molecular flexibility index (Phi) is 24.4. The van der Waals surface area contributed by atoms with Crippen molar-refractivity contribution in [3.63, 3.8) is 0 Å². The summed E-state index contributed by atoms with van der Waals surface area (Å²) in [6.45, 7) is 4.06. The Balaban J connectivity index is 0.00000900. The third-order valence-corrected chi connectivity index (χ3v) is 11.3. The molecule has 58 heavy (non-hydrogen) atoms. The van der Waals surface area contributed by atoms with E-state index in [0.29, 0.717) is 57.9 Å². The summed E-state index contributed by atoms with van der Waals surface area (Å²) in [4.78, 5) is 64.9. The zero-order valence-corrected chi connectivity index (χ0v) is 36.0. The third kappa shape index (κ3) is 20.3. The van der Waals surface area contributed by atoms with Crippen LogP contribution in [0.1, 0.15) is 25.0 Å². The molecule has 0 aromatic carbocycles. The van der Waals surface area contributed by atoms with Crippen molar-refractivity contribution in [3.05, 3.63) is 11.9 Å². The minimum absolute atomic E-state index is 0. The smallest absolute Gasteiger partial charge is 0.549 e. The Morgan fingerprint density at radius 2 is 1.26 bits per heavy atom. The van der Waals surface area contributed by atoms with Crippen LogP contribution in [0.4, 0.5) is 4.79 Å². The van der Waals surface area contributed by atoms with Crippen LogP contribution in [0.5, 0.6) is 0 Å². The van der Waals surface area contributed by atoms with Crippen LogP contribution in [0.3, 0.4) is 0 Å². The van der Waals surface area contributed by atoms with Gasteiger partial charge in [0.25, 0.3) is 0 Å². The van der Waals surface area contributed by atoms with Crippen molar-refractivity contribution < 1.29 is 93.4 Å². The molecule has 1 aromatic heterocycles. The molecule has 1 aromatic rings. The maximum Gasteiger partial charge on any atom is 3.00 e. The first-order valence-electron chi connectivity index (χ1n) is 19.6.